The summed E-state index contributed by atoms with van der Waals surface area (Å²) >= 11 is 0. The normalized spacial score (nSPS) is 18.1. The van der Waals surface area contributed by atoms with Gasteiger partial charge in [0.25, 0.3) is 0 Å². The predicted octanol–water partition coefficient (Wildman–Crippen LogP) is 1.29. The topological polar surface area (TPSA) is 36.4 Å². The molecule has 1 aliphatic rings. The van der Waals surface area contributed by atoms with E-state index in [1.165, 1.54) is 0 Å². The Balaban J connectivity index is 1.85. The number of rotatable bonds is 5. The van der Waals surface area contributed by atoms with E-state index in [4.69, 9.17) is 0 Å². The highest BCUT2D eigenvalue weighted by Crippen LogP contribution is 2.45. The van der Waals surface area contributed by atoms with Crippen LogP contribution in [0, 0.1) is 5.41 Å². The molecule has 0 radical (unpaired) electrons. The Morgan fingerprint density at radius 3 is 2.80 bits per heavy atom. The van der Waals surface area contributed by atoms with Crippen molar-refractivity contribution in [1.82, 2.24) is 9.88 Å². The molecular formula is C12H18N2O. The second-order valence-corrected chi connectivity index (χ2v) is 4.65. The van der Waals surface area contributed by atoms with Crippen molar-refractivity contribution < 1.29 is 5.11 Å². The van der Waals surface area contributed by atoms with Crippen molar-refractivity contribution in [2.45, 2.75) is 19.4 Å². The van der Waals surface area contributed by atoms with E-state index in [1.54, 1.807) is 0 Å². The SMILES string of the molecule is CN(Cc1ccccn1)CC1(CO)CC1. The first kappa shape index (κ1) is 10.6. The Labute approximate surface area is 90.8 Å². The van der Waals surface area contributed by atoms with Gasteiger partial charge in [-0.1, -0.05) is 6.07 Å². The first-order chi connectivity index (χ1) is 7.24. The molecule has 82 valence electrons. The van der Waals surface area contributed by atoms with Gasteiger partial charge < -0.3 is 5.11 Å². The van der Waals surface area contributed by atoms with Gasteiger partial charge >= 0.3 is 0 Å². The molecule has 0 saturated heterocycles. The zero-order chi connectivity index (χ0) is 10.7. The summed E-state index contributed by atoms with van der Waals surface area (Å²) in [5.41, 5.74) is 1.29. The van der Waals surface area contributed by atoms with Crippen LogP contribution in [-0.4, -0.2) is 35.2 Å². The number of hydrogen-bond donors (Lipinski definition) is 1. The Morgan fingerprint density at radius 1 is 1.47 bits per heavy atom. The molecule has 0 bridgehead atoms. The van der Waals surface area contributed by atoms with E-state index in [2.05, 4.69) is 16.9 Å². The van der Waals surface area contributed by atoms with Crippen LogP contribution in [0.25, 0.3) is 0 Å². The maximum absolute atomic E-state index is 9.23. The van der Waals surface area contributed by atoms with Crippen LogP contribution in [0.5, 0.6) is 0 Å². The van der Waals surface area contributed by atoms with Gasteiger partial charge in [-0.3, -0.25) is 9.88 Å². The zero-order valence-electron chi connectivity index (χ0n) is 9.19. The number of pyridine rings is 1. The third-order valence-electron chi connectivity index (χ3n) is 3.06. The minimum Gasteiger partial charge on any atom is -0.396 e. The largest absolute Gasteiger partial charge is 0.396 e. The van der Waals surface area contributed by atoms with Gasteiger partial charge in [0, 0.05) is 31.3 Å². The summed E-state index contributed by atoms with van der Waals surface area (Å²) in [6.45, 7) is 2.15. The lowest BCUT2D eigenvalue weighted by atomic mass is 10.1. The van der Waals surface area contributed by atoms with Crippen molar-refractivity contribution in [3.05, 3.63) is 30.1 Å². The molecule has 0 aromatic carbocycles. The molecule has 0 aliphatic heterocycles. The molecule has 1 aliphatic carbocycles. The monoisotopic (exact) mass is 206 g/mol. The third kappa shape index (κ3) is 2.76. The fraction of sp³-hybridized carbons (Fsp3) is 0.583. The van der Waals surface area contributed by atoms with E-state index < -0.39 is 0 Å². The smallest absolute Gasteiger partial charge is 0.0543 e. The van der Waals surface area contributed by atoms with Crippen LogP contribution in [0.1, 0.15) is 18.5 Å². The van der Waals surface area contributed by atoms with Crippen molar-refractivity contribution >= 4 is 0 Å². The molecule has 0 amide bonds. The molecule has 1 N–H and O–H groups in total. The summed E-state index contributed by atoms with van der Waals surface area (Å²) in [6.07, 6.45) is 4.15. The van der Waals surface area contributed by atoms with Crippen molar-refractivity contribution in [3.8, 4) is 0 Å². The summed E-state index contributed by atoms with van der Waals surface area (Å²) in [5, 5.41) is 9.23. The first-order valence-electron chi connectivity index (χ1n) is 5.43. The molecule has 1 saturated carbocycles. The summed E-state index contributed by atoms with van der Waals surface area (Å²) in [4.78, 5) is 6.53. The van der Waals surface area contributed by atoms with Crippen molar-refractivity contribution in [2.75, 3.05) is 20.2 Å². The van der Waals surface area contributed by atoms with Crippen LogP contribution in [-0.2, 0) is 6.54 Å². The average Bonchev–Trinajstić information content (AvgIpc) is 3.00. The minimum atomic E-state index is 0.198. The van der Waals surface area contributed by atoms with Gasteiger partial charge in [0.15, 0.2) is 0 Å². The van der Waals surface area contributed by atoms with Gasteiger partial charge in [0.05, 0.1) is 5.69 Å². The average molecular weight is 206 g/mol. The van der Waals surface area contributed by atoms with Crippen LogP contribution in [0.3, 0.4) is 0 Å². The van der Waals surface area contributed by atoms with E-state index in [-0.39, 0.29) is 5.41 Å². The highest BCUT2D eigenvalue weighted by atomic mass is 16.3. The second-order valence-electron chi connectivity index (χ2n) is 4.65. The summed E-state index contributed by atoms with van der Waals surface area (Å²) in [6, 6.07) is 5.98. The van der Waals surface area contributed by atoms with Crippen LogP contribution in [0.4, 0.5) is 0 Å². The van der Waals surface area contributed by atoms with Crippen LogP contribution < -0.4 is 0 Å². The van der Waals surface area contributed by atoms with Crippen LogP contribution in [0.15, 0.2) is 24.4 Å². The first-order valence-corrected chi connectivity index (χ1v) is 5.43. The molecule has 3 nitrogen and oxygen atoms in total. The van der Waals surface area contributed by atoms with Crippen LogP contribution >= 0.6 is 0 Å². The van der Waals surface area contributed by atoms with Gasteiger partial charge in [0.2, 0.25) is 0 Å². The highest BCUT2D eigenvalue weighted by Gasteiger charge is 2.42. The number of aliphatic hydroxyl groups is 1. The standard InChI is InChI=1S/C12H18N2O/c1-14(9-12(10-15)5-6-12)8-11-4-2-3-7-13-11/h2-4,7,15H,5-6,8-10H2,1H3. The van der Waals surface area contributed by atoms with Crippen molar-refractivity contribution in [3.63, 3.8) is 0 Å². The molecule has 1 heterocycles. The molecule has 0 unspecified atom stereocenters. The minimum absolute atomic E-state index is 0.198. The van der Waals surface area contributed by atoms with Crippen molar-refractivity contribution in [2.24, 2.45) is 5.41 Å². The number of aromatic nitrogens is 1. The van der Waals surface area contributed by atoms with Crippen LogP contribution in [0.2, 0.25) is 0 Å². The number of hydrogen-bond acceptors (Lipinski definition) is 3. The molecule has 15 heavy (non-hydrogen) atoms. The maximum Gasteiger partial charge on any atom is 0.0543 e. The summed E-state index contributed by atoms with van der Waals surface area (Å²) < 4.78 is 0. The van der Waals surface area contributed by atoms with Gasteiger partial charge in [-0.05, 0) is 32.0 Å². The molecule has 1 aromatic heterocycles. The molecular weight excluding hydrogens is 188 g/mol. The van der Waals surface area contributed by atoms with E-state index in [9.17, 15) is 5.11 Å². The molecule has 1 aromatic rings. The Morgan fingerprint density at radius 2 is 2.27 bits per heavy atom. The van der Waals surface area contributed by atoms with Gasteiger partial charge in [-0.15, -0.1) is 0 Å². The molecule has 2 rings (SSSR count). The van der Waals surface area contributed by atoms with Gasteiger partial charge in [0.1, 0.15) is 0 Å². The lowest BCUT2D eigenvalue weighted by molar-refractivity contribution is 0.160. The highest BCUT2D eigenvalue weighted by molar-refractivity contribution is 5.04. The second kappa shape index (κ2) is 4.29. The molecule has 0 spiro atoms. The predicted molar refractivity (Wildman–Crippen MR) is 59.3 cm³/mol. The fourth-order valence-corrected chi connectivity index (χ4v) is 1.94. The maximum atomic E-state index is 9.23. The number of nitrogens with zero attached hydrogens (tertiary/aromatic N) is 2. The Hall–Kier alpha value is -0.930. The lowest BCUT2D eigenvalue weighted by Gasteiger charge is -2.21. The fourth-order valence-electron chi connectivity index (χ4n) is 1.94. The Bertz CT molecular complexity index is 309. The van der Waals surface area contributed by atoms with E-state index in [0.29, 0.717) is 6.61 Å². The molecule has 1 fully saturated rings. The Kier molecular flexibility index (Phi) is 3.03. The summed E-state index contributed by atoms with van der Waals surface area (Å²) in [5.74, 6) is 0. The third-order valence-corrected chi connectivity index (χ3v) is 3.06. The lowest BCUT2D eigenvalue weighted by Crippen LogP contribution is -2.28. The molecule has 0 atom stereocenters. The van der Waals surface area contributed by atoms with Gasteiger partial charge in [-0.2, -0.15) is 0 Å². The quantitative estimate of drug-likeness (QED) is 0.788. The molecule has 3 heteroatoms. The summed E-state index contributed by atoms with van der Waals surface area (Å²) in [7, 11) is 2.09. The van der Waals surface area contributed by atoms with E-state index in [0.717, 1.165) is 31.6 Å². The van der Waals surface area contributed by atoms with Gasteiger partial charge in [-0.25, -0.2) is 0 Å². The number of aliphatic hydroxyl groups excluding tert-OH is 1. The van der Waals surface area contributed by atoms with E-state index in [1.807, 2.05) is 24.4 Å². The van der Waals surface area contributed by atoms with Crippen molar-refractivity contribution in [1.29, 1.82) is 0 Å². The zero-order valence-corrected chi connectivity index (χ0v) is 9.19. The van der Waals surface area contributed by atoms with E-state index >= 15 is 0 Å².